The van der Waals surface area contributed by atoms with Gasteiger partial charge in [-0.2, -0.15) is 0 Å². The third-order valence-electron chi connectivity index (χ3n) is 4.64. The van der Waals surface area contributed by atoms with E-state index in [1.165, 1.54) is 32.1 Å². The van der Waals surface area contributed by atoms with Crippen LogP contribution in [-0.2, 0) is 4.79 Å². The molecule has 0 bridgehead atoms. The van der Waals surface area contributed by atoms with Crippen molar-refractivity contribution in [2.45, 2.75) is 65.3 Å². The standard InChI is InChI=1S/C13H23NO/c1-10-13(9-11(15)14-10)6-4-5-12(2,3)7-8-13/h10H,4-9H2,1-3H3,(H,14,15). The Balaban J connectivity index is 2.13. The van der Waals surface area contributed by atoms with Gasteiger partial charge in [-0.1, -0.05) is 20.3 Å². The van der Waals surface area contributed by atoms with E-state index in [2.05, 4.69) is 26.1 Å². The Labute approximate surface area is 92.8 Å². The predicted molar refractivity (Wildman–Crippen MR) is 61.5 cm³/mol. The molecule has 1 saturated heterocycles. The highest BCUT2D eigenvalue weighted by Gasteiger charge is 2.45. The first-order chi connectivity index (χ1) is 6.94. The summed E-state index contributed by atoms with van der Waals surface area (Å²) in [6.07, 6.45) is 7.09. The van der Waals surface area contributed by atoms with Crippen LogP contribution in [-0.4, -0.2) is 11.9 Å². The fourth-order valence-corrected chi connectivity index (χ4v) is 3.28. The molecule has 1 aliphatic carbocycles. The van der Waals surface area contributed by atoms with Crippen molar-refractivity contribution in [2.24, 2.45) is 10.8 Å². The second kappa shape index (κ2) is 3.50. The molecule has 2 aliphatic rings. The summed E-state index contributed by atoms with van der Waals surface area (Å²) < 4.78 is 0. The van der Waals surface area contributed by atoms with Gasteiger partial charge in [-0.25, -0.2) is 0 Å². The Hall–Kier alpha value is -0.530. The number of carbonyl (C=O) groups is 1. The van der Waals surface area contributed by atoms with Crippen molar-refractivity contribution in [3.05, 3.63) is 0 Å². The summed E-state index contributed by atoms with van der Waals surface area (Å²) in [6.45, 7) is 6.91. The van der Waals surface area contributed by atoms with E-state index in [1.807, 2.05) is 0 Å². The lowest BCUT2D eigenvalue weighted by atomic mass is 9.73. The van der Waals surface area contributed by atoms with Crippen LogP contribution in [0.1, 0.15) is 59.3 Å². The second-order valence-electron chi connectivity index (χ2n) is 6.35. The molecular weight excluding hydrogens is 186 g/mol. The van der Waals surface area contributed by atoms with E-state index in [1.54, 1.807) is 0 Å². The Kier molecular flexibility index (Phi) is 2.56. The van der Waals surface area contributed by atoms with E-state index in [0.29, 0.717) is 11.5 Å². The van der Waals surface area contributed by atoms with E-state index in [4.69, 9.17) is 0 Å². The van der Waals surface area contributed by atoms with Crippen LogP contribution in [0.5, 0.6) is 0 Å². The zero-order valence-corrected chi connectivity index (χ0v) is 10.2. The molecule has 1 amide bonds. The van der Waals surface area contributed by atoms with Gasteiger partial charge < -0.3 is 5.32 Å². The molecule has 0 aromatic heterocycles. The third kappa shape index (κ3) is 2.04. The van der Waals surface area contributed by atoms with Crippen molar-refractivity contribution in [1.82, 2.24) is 5.32 Å². The highest BCUT2D eigenvalue weighted by Crippen LogP contribution is 2.48. The summed E-state index contributed by atoms with van der Waals surface area (Å²) in [4.78, 5) is 11.5. The van der Waals surface area contributed by atoms with Crippen molar-refractivity contribution >= 4 is 5.91 Å². The number of hydrogen-bond acceptors (Lipinski definition) is 1. The molecule has 0 aromatic rings. The van der Waals surface area contributed by atoms with Gasteiger partial charge in [0.25, 0.3) is 0 Å². The minimum Gasteiger partial charge on any atom is -0.353 e. The lowest BCUT2D eigenvalue weighted by Crippen LogP contribution is -2.34. The van der Waals surface area contributed by atoms with Gasteiger partial charge in [-0.15, -0.1) is 0 Å². The minimum absolute atomic E-state index is 0.266. The summed E-state index contributed by atoms with van der Waals surface area (Å²) in [5.41, 5.74) is 0.764. The van der Waals surface area contributed by atoms with Crippen LogP contribution in [0.2, 0.25) is 0 Å². The van der Waals surface area contributed by atoms with Crippen LogP contribution in [0, 0.1) is 10.8 Å². The topological polar surface area (TPSA) is 29.1 Å². The van der Waals surface area contributed by atoms with Gasteiger partial charge in [0.05, 0.1) is 0 Å². The van der Waals surface area contributed by atoms with Crippen molar-refractivity contribution in [3.63, 3.8) is 0 Å². The molecule has 2 nitrogen and oxygen atoms in total. The SMILES string of the molecule is CC1NC(=O)CC12CCCC(C)(C)CC2. The van der Waals surface area contributed by atoms with Crippen molar-refractivity contribution in [3.8, 4) is 0 Å². The van der Waals surface area contributed by atoms with Gasteiger partial charge in [0, 0.05) is 12.5 Å². The molecule has 15 heavy (non-hydrogen) atoms. The first-order valence-electron chi connectivity index (χ1n) is 6.23. The quantitative estimate of drug-likeness (QED) is 0.653. The van der Waals surface area contributed by atoms with Gasteiger partial charge in [-0.3, -0.25) is 4.79 Å². The number of nitrogens with one attached hydrogen (secondary N) is 1. The first kappa shape index (κ1) is 11.0. The third-order valence-corrected chi connectivity index (χ3v) is 4.64. The van der Waals surface area contributed by atoms with Gasteiger partial charge >= 0.3 is 0 Å². The van der Waals surface area contributed by atoms with Gasteiger partial charge in [-0.05, 0) is 43.4 Å². The highest BCUT2D eigenvalue weighted by molar-refractivity contribution is 5.79. The highest BCUT2D eigenvalue weighted by atomic mass is 16.2. The molecule has 2 heteroatoms. The van der Waals surface area contributed by atoms with Crippen LogP contribution in [0.15, 0.2) is 0 Å². The van der Waals surface area contributed by atoms with Crippen LogP contribution < -0.4 is 5.32 Å². The number of hydrogen-bond donors (Lipinski definition) is 1. The van der Waals surface area contributed by atoms with E-state index < -0.39 is 0 Å². The normalized spacial score (nSPS) is 40.2. The van der Waals surface area contributed by atoms with Crippen LogP contribution in [0.25, 0.3) is 0 Å². The average Bonchev–Trinajstić information content (AvgIpc) is 2.28. The molecule has 86 valence electrons. The maximum Gasteiger partial charge on any atom is 0.220 e. The minimum atomic E-state index is 0.266. The molecule has 2 rings (SSSR count). The second-order valence-corrected chi connectivity index (χ2v) is 6.35. The molecule has 2 atom stereocenters. The molecule has 2 fully saturated rings. The van der Waals surface area contributed by atoms with E-state index in [-0.39, 0.29) is 11.3 Å². The molecule has 1 spiro atoms. The summed E-state index contributed by atoms with van der Waals surface area (Å²) in [7, 11) is 0. The van der Waals surface area contributed by atoms with E-state index >= 15 is 0 Å². The van der Waals surface area contributed by atoms with Crippen LogP contribution in [0.3, 0.4) is 0 Å². The smallest absolute Gasteiger partial charge is 0.220 e. The Morgan fingerprint density at radius 2 is 1.93 bits per heavy atom. The lowest BCUT2D eigenvalue weighted by Gasteiger charge is -2.31. The Morgan fingerprint density at radius 3 is 2.53 bits per heavy atom. The Bertz CT molecular complexity index is 272. The average molecular weight is 209 g/mol. The molecule has 1 N–H and O–H groups in total. The molecule has 2 unspecified atom stereocenters. The van der Waals surface area contributed by atoms with Crippen molar-refractivity contribution in [2.75, 3.05) is 0 Å². The molecule has 0 radical (unpaired) electrons. The summed E-state index contributed by atoms with van der Waals surface area (Å²) in [5, 5.41) is 3.09. The summed E-state index contributed by atoms with van der Waals surface area (Å²) >= 11 is 0. The molecule has 0 aromatic carbocycles. The van der Waals surface area contributed by atoms with Gasteiger partial charge in [0.15, 0.2) is 0 Å². The fourth-order valence-electron chi connectivity index (χ4n) is 3.28. The predicted octanol–water partition coefficient (Wildman–Crippen LogP) is 2.87. The lowest BCUT2D eigenvalue weighted by molar-refractivity contribution is -0.119. The molecular formula is C13H23NO. The fraction of sp³-hybridized carbons (Fsp3) is 0.923. The van der Waals surface area contributed by atoms with Crippen LogP contribution in [0.4, 0.5) is 0 Å². The van der Waals surface area contributed by atoms with Crippen LogP contribution >= 0.6 is 0 Å². The maximum atomic E-state index is 11.5. The molecule has 1 saturated carbocycles. The van der Waals surface area contributed by atoms with Crippen molar-refractivity contribution in [1.29, 1.82) is 0 Å². The maximum absolute atomic E-state index is 11.5. The number of carbonyl (C=O) groups excluding carboxylic acids is 1. The van der Waals surface area contributed by atoms with Crippen molar-refractivity contribution < 1.29 is 4.79 Å². The molecule has 1 heterocycles. The zero-order chi connectivity index (χ0) is 11.1. The summed E-state index contributed by atoms with van der Waals surface area (Å²) in [5.74, 6) is 0.266. The summed E-state index contributed by atoms with van der Waals surface area (Å²) in [6, 6.07) is 0.388. The Morgan fingerprint density at radius 1 is 1.20 bits per heavy atom. The van der Waals surface area contributed by atoms with E-state index in [9.17, 15) is 4.79 Å². The van der Waals surface area contributed by atoms with E-state index in [0.717, 1.165) is 6.42 Å². The number of rotatable bonds is 0. The zero-order valence-electron chi connectivity index (χ0n) is 10.2. The molecule has 1 aliphatic heterocycles. The van der Waals surface area contributed by atoms with Gasteiger partial charge in [0.1, 0.15) is 0 Å². The monoisotopic (exact) mass is 209 g/mol. The first-order valence-corrected chi connectivity index (χ1v) is 6.23. The number of amides is 1. The van der Waals surface area contributed by atoms with Gasteiger partial charge in [0.2, 0.25) is 5.91 Å². The largest absolute Gasteiger partial charge is 0.353 e.